The largest absolute Gasteiger partial charge is 0.336 e. The van der Waals surface area contributed by atoms with Gasteiger partial charge in [0.15, 0.2) is 0 Å². The third-order valence-electron chi connectivity index (χ3n) is 4.20. The van der Waals surface area contributed by atoms with Crippen molar-refractivity contribution in [1.82, 2.24) is 14.2 Å². The Morgan fingerprint density at radius 3 is 2.19 bits per heavy atom. The van der Waals surface area contributed by atoms with E-state index in [0.717, 1.165) is 5.69 Å². The average molecular weight is 414 g/mol. The van der Waals surface area contributed by atoms with Crippen LogP contribution in [0.4, 0.5) is 0 Å². The SMILES string of the molecule is Cc1ccc(C(=O)N2CCN(S(=O)(=O)c3c(Cl)cccc3Cl)CC2)cn1. The lowest BCUT2D eigenvalue weighted by atomic mass is 10.2. The molecule has 0 atom stereocenters. The van der Waals surface area contributed by atoms with Gasteiger partial charge in [-0.15, -0.1) is 0 Å². The zero-order chi connectivity index (χ0) is 18.9. The molecule has 1 aliphatic heterocycles. The minimum atomic E-state index is -3.82. The van der Waals surface area contributed by atoms with Crippen molar-refractivity contribution in [2.24, 2.45) is 0 Å². The van der Waals surface area contributed by atoms with Crippen LogP contribution in [0.1, 0.15) is 16.1 Å². The summed E-state index contributed by atoms with van der Waals surface area (Å²) in [4.78, 5) is 18.2. The first-order chi connectivity index (χ1) is 12.3. The summed E-state index contributed by atoms with van der Waals surface area (Å²) in [5.74, 6) is -0.162. The highest BCUT2D eigenvalue weighted by Crippen LogP contribution is 2.31. The second-order valence-electron chi connectivity index (χ2n) is 5.94. The van der Waals surface area contributed by atoms with Crippen molar-refractivity contribution in [2.45, 2.75) is 11.8 Å². The van der Waals surface area contributed by atoms with Gasteiger partial charge in [-0.05, 0) is 31.2 Å². The van der Waals surface area contributed by atoms with Crippen molar-refractivity contribution in [2.75, 3.05) is 26.2 Å². The Morgan fingerprint density at radius 1 is 1.04 bits per heavy atom. The number of rotatable bonds is 3. The molecule has 0 bridgehead atoms. The number of pyridine rings is 1. The quantitative estimate of drug-likeness (QED) is 0.775. The van der Waals surface area contributed by atoms with Gasteiger partial charge in [0.25, 0.3) is 5.91 Å². The maximum atomic E-state index is 12.9. The Balaban J connectivity index is 1.74. The topological polar surface area (TPSA) is 70.6 Å². The van der Waals surface area contributed by atoms with E-state index in [9.17, 15) is 13.2 Å². The summed E-state index contributed by atoms with van der Waals surface area (Å²) in [5, 5.41) is 0.170. The van der Waals surface area contributed by atoms with E-state index in [2.05, 4.69) is 4.98 Å². The maximum absolute atomic E-state index is 12.9. The number of piperazine rings is 1. The zero-order valence-electron chi connectivity index (χ0n) is 14.0. The van der Waals surface area contributed by atoms with Crippen LogP contribution in [-0.2, 0) is 10.0 Å². The van der Waals surface area contributed by atoms with Crippen LogP contribution < -0.4 is 0 Å². The third kappa shape index (κ3) is 3.71. The van der Waals surface area contributed by atoms with Crippen molar-refractivity contribution < 1.29 is 13.2 Å². The average Bonchev–Trinajstić information content (AvgIpc) is 2.61. The predicted molar refractivity (Wildman–Crippen MR) is 100 cm³/mol. The molecule has 0 radical (unpaired) electrons. The molecule has 1 aromatic carbocycles. The van der Waals surface area contributed by atoms with Crippen LogP contribution in [0, 0.1) is 6.92 Å². The molecule has 1 amide bonds. The summed E-state index contributed by atoms with van der Waals surface area (Å²) in [6.07, 6.45) is 1.53. The number of sulfonamides is 1. The molecule has 138 valence electrons. The first-order valence-corrected chi connectivity index (χ1v) is 10.2. The molecule has 0 spiro atoms. The van der Waals surface area contributed by atoms with Gasteiger partial charge in [-0.2, -0.15) is 4.31 Å². The van der Waals surface area contributed by atoms with E-state index in [4.69, 9.17) is 23.2 Å². The second kappa shape index (κ2) is 7.52. The van der Waals surface area contributed by atoms with Crippen molar-refractivity contribution in [3.8, 4) is 0 Å². The lowest BCUT2D eigenvalue weighted by Crippen LogP contribution is -2.50. The lowest BCUT2D eigenvalue weighted by molar-refractivity contribution is 0.0697. The first-order valence-electron chi connectivity index (χ1n) is 7.97. The van der Waals surface area contributed by atoms with Crippen molar-refractivity contribution in [3.05, 3.63) is 57.8 Å². The highest BCUT2D eigenvalue weighted by atomic mass is 35.5. The van der Waals surface area contributed by atoms with E-state index < -0.39 is 10.0 Å². The summed E-state index contributed by atoms with van der Waals surface area (Å²) in [6, 6.07) is 8.06. The highest BCUT2D eigenvalue weighted by Gasteiger charge is 2.33. The van der Waals surface area contributed by atoms with Crippen molar-refractivity contribution in [3.63, 3.8) is 0 Å². The molecule has 6 nitrogen and oxygen atoms in total. The number of nitrogens with zero attached hydrogens (tertiary/aromatic N) is 3. The van der Waals surface area contributed by atoms with Crippen molar-refractivity contribution >= 4 is 39.1 Å². The van der Waals surface area contributed by atoms with Crippen LogP contribution in [0.5, 0.6) is 0 Å². The molecule has 9 heteroatoms. The first kappa shape index (κ1) is 19.1. The normalized spacial score (nSPS) is 15.9. The Bertz CT molecular complexity index is 905. The Morgan fingerprint density at radius 2 is 1.65 bits per heavy atom. The third-order valence-corrected chi connectivity index (χ3v) is 7.06. The number of amides is 1. The van der Waals surface area contributed by atoms with E-state index in [1.807, 2.05) is 6.92 Å². The molecule has 1 aromatic heterocycles. The van der Waals surface area contributed by atoms with Crippen LogP contribution in [0.15, 0.2) is 41.4 Å². The molecule has 0 N–H and O–H groups in total. The summed E-state index contributed by atoms with van der Waals surface area (Å²) >= 11 is 12.1. The van der Waals surface area contributed by atoms with E-state index in [-0.39, 0.29) is 47.0 Å². The Labute approximate surface area is 162 Å². The zero-order valence-corrected chi connectivity index (χ0v) is 16.4. The van der Waals surface area contributed by atoms with Crippen molar-refractivity contribution in [1.29, 1.82) is 0 Å². The Kier molecular flexibility index (Phi) is 5.53. The van der Waals surface area contributed by atoms with Gasteiger partial charge >= 0.3 is 0 Å². The van der Waals surface area contributed by atoms with E-state index in [1.165, 1.54) is 22.6 Å². The highest BCUT2D eigenvalue weighted by molar-refractivity contribution is 7.89. The maximum Gasteiger partial charge on any atom is 0.255 e. The molecular weight excluding hydrogens is 397 g/mol. The smallest absolute Gasteiger partial charge is 0.255 e. The molecular formula is C17H17Cl2N3O3S. The molecule has 0 saturated carbocycles. The van der Waals surface area contributed by atoms with E-state index >= 15 is 0 Å². The molecule has 2 aromatic rings. The summed E-state index contributed by atoms with van der Waals surface area (Å²) in [7, 11) is -3.82. The minimum Gasteiger partial charge on any atom is -0.336 e. The van der Waals surface area contributed by atoms with Gasteiger partial charge in [0.2, 0.25) is 10.0 Å². The van der Waals surface area contributed by atoms with Gasteiger partial charge < -0.3 is 4.90 Å². The van der Waals surface area contributed by atoms with Crippen LogP contribution >= 0.6 is 23.2 Å². The fourth-order valence-electron chi connectivity index (χ4n) is 2.77. The van der Waals surface area contributed by atoms with Gasteiger partial charge in [-0.3, -0.25) is 9.78 Å². The number of aryl methyl sites for hydroxylation is 1. The molecule has 3 rings (SSSR count). The molecule has 0 unspecified atom stereocenters. The molecule has 1 fully saturated rings. The molecule has 0 aliphatic carbocycles. The number of hydrogen-bond acceptors (Lipinski definition) is 4. The second-order valence-corrected chi connectivity index (χ2v) is 8.62. The molecule has 1 saturated heterocycles. The fourth-order valence-corrected chi connectivity index (χ4v) is 5.28. The van der Waals surface area contributed by atoms with Gasteiger partial charge in [0.1, 0.15) is 4.90 Å². The minimum absolute atomic E-state index is 0.0849. The van der Waals surface area contributed by atoms with Crippen LogP contribution in [0.2, 0.25) is 10.0 Å². The monoisotopic (exact) mass is 413 g/mol. The number of benzene rings is 1. The molecule has 1 aliphatic rings. The summed E-state index contributed by atoms with van der Waals surface area (Å²) in [6.45, 7) is 2.77. The van der Waals surface area contributed by atoms with Crippen LogP contribution in [0.25, 0.3) is 0 Å². The standard InChI is InChI=1S/C17H17Cl2N3O3S/c1-12-5-6-13(11-20-12)17(23)21-7-9-22(10-8-21)26(24,25)16-14(18)3-2-4-15(16)19/h2-6,11H,7-10H2,1H3. The number of hydrogen-bond donors (Lipinski definition) is 0. The predicted octanol–water partition coefficient (Wildman–Crippen LogP) is 2.84. The molecule has 26 heavy (non-hydrogen) atoms. The number of aromatic nitrogens is 1. The van der Waals surface area contributed by atoms with Gasteiger partial charge in [0, 0.05) is 38.1 Å². The summed E-state index contributed by atoms with van der Waals surface area (Å²) in [5.41, 5.74) is 1.31. The van der Waals surface area contributed by atoms with Crippen LogP contribution in [-0.4, -0.2) is 54.7 Å². The van der Waals surface area contributed by atoms with E-state index in [0.29, 0.717) is 5.56 Å². The van der Waals surface area contributed by atoms with Gasteiger partial charge in [-0.25, -0.2) is 8.42 Å². The molecule has 2 heterocycles. The van der Waals surface area contributed by atoms with Crippen LogP contribution in [0.3, 0.4) is 0 Å². The number of carbonyl (C=O) groups is 1. The fraction of sp³-hybridized carbons (Fsp3) is 0.294. The summed E-state index contributed by atoms with van der Waals surface area (Å²) < 4.78 is 27.0. The number of carbonyl (C=O) groups excluding carboxylic acids is 1. The van der Waals surface area contributed by atoms with E-state index in [1.54, 1.807) is 23.1 Å². The lowest BCUT2D eigenvalue weighted by Gasteiger charge is -2.34. The Hall–Kier alpha value is -1.67. The van der Waals surface area contributed by atoms with Gasteiger partial charge in [-0.1, -0.05) is 29.3 Å². The number of halogens is 2. The van der Waals surface area contributed by atoms with Gasteiger partial charge in [0.05, 0.1) is 15.6 Å².